The Balaban J connectivity index is 2.13. The molecule has 0 radical (unpaired) electrons. The van der Waals surface area contributed by atoms with E-state index in [1.807, 2.05) is 0 Å². The van der Waals surface area contributed by atoms with Crippen LogP contribution in [0.5, 0.6) is 0 Å². The minimum atomic E-state index is -0.486. The lowest BCUT2D eigenvalue weighted by Gasteiger charge is -2.21. The van der Waals surface area contributed by atoms with E-state index in [0.717, 1.165) is 19.3 Å². The molecule has 1 heterocycles. The Morgan fingerprint density at radius 2 is 2.14 bits per heavy atom. The lowest BCUT2D eigenvalue weighted by Crippen LogP contribution is -2.41. The minimum Gasteiger partial charge on any atom is -0.387 e. The van der Waals surface area contributed by atoms with Crippen LogP contribution in [0.4, 0.5) is 0 Å². The quantitative estimate of drug-likeness (QED) is 0.675. The summed E-state index contributed by atoms with van der Waals surface area (Å²) in [5, 5.41) is 8.78. The number of aliphatic hydroxyl groups is 1. The third-order valence-corrected chi connectivity index (χ3v) is 3.39. The highest BCUT2D eigenvalue weighted by Gasteiger charge is 2.54. The largest absolute Gasteiger partial charge is 0.387 e. The van der Waals surface area contributed by atoms with Gasteiger partial charge in [0.15, 0.2) is 5.78 Å². The van der Waals surface area contributed by atoms with Crippen LogP contribution < -0.4 is 0 Å². The molecule has 0 aromatic carbocycles. The van der Waals surface area contributed by atoms with Crippen LogP contribution in [0.3, 0.4) is 0 Å². The van der Waals surface area contributed by atoms with Crippen molar-refractivity contribution < 1.29 is 14.7 Å². The van der Waals surface area contributed by atoms with Crippen LogP contribution in [0.25, 0.3) is 0 Å². The summed E-state index contributed by atoms with van der Waals surface area (Å²) in [6, 6.07) is -0.280. The van der Waals surface area contributed by atoms with Crippen molar-refractivity contribution >= 4 is 11.7 Å². The molecule has 1 saturated carbocycles. The molecule has 1 aliphatic heterocycles. The summed E-state index contributed by atoms with van der Waals surface area (Å²) < 4.78 is 0. The fraction of sp³-hybridized carbons (Fsp3) is 0.800. The predicted octanol–water partition coefficient (Wildman–Crippen LogP) is -0.0512. The molecule has 0 bridgehead atoms. The van der Waals surface area contributed by atoms with E-state index in [1.165, 1.54) is 6.92 Å². The maximum atomic E-state index is 11.4. The van der Waals surface area contributed by atoms with Gasteiger partial charge >= 0.3 is 0 Å². The first-order valence-electron chi connectivity index (χ1n) is 4.99. The van der Waals surface area contributed by atoms with Crippen LogP contribution >= 0.6 is 0 Å². The van der Waals surface area contributed by atoms with E-state index in [4.69, 9.17) is 5.11 Å². The number of hydrogen-bond acceptors (Lipinski definition) is 3. The monoisotopic (exact) mass is 197 g/mol. The summed E-state index contributed by atoms with van der Waals surface area (Å²) >= 11 is 0. The van der Waals surface area contributed by atoms with Gasteiger partial charge in [-0.2, -0.15) is 0 Å². The second-order valence-electron chi connectivity index (χ2n) is 4.51. The second-order valence-corrected chi connectivity index (χ2v) is 4.51. The van der Waals surface area contributed by atoms with Gasteiger partial charge in [-0.05, 0) is 31.6 Å². The summed E-state index contributed by atoms with van der Waals surface area (Å²) in [4.78, 5) is 24.2. The number of amides is 1. The van der Waals surface area contributed by atoms with Crippen molar-refractivity contribution in [2.24, 2.45) is 5.41 Å². The van der Waals surface area contributed by atoms with Gasteiger partial charge in [-0.15, -0.1) is 0 Å². The molecule has 1 amide bonds. The molecule has 1 saturated heterocycles. The molecular formula is C10H15NO3. The van der Waals surface area contributed by atoms with Gasteiger partial charge in [-0.3, -0.25) is 9.59 Å². The SMILES string of the molecule is CC(=O)C1CC2(CC2)CN1C(=O)CO. The van der Waals surface area contributed by atoms with Crippen LogP contribution in [0.1, 0.15) is 26.2 Å². The third kappa shape index (κ3) is 1.43. The Morgan fingerprint density at radius 1 is 1.50 bits per heavy atom. The van der Waals surface area contributed by atoms with Gasteiger partial charge in [-0.1, -0.05) is 0 Å². The average molecular weight is 197 g/mol. The molecule has 1 N–H and O–H groups in total. The second kappa shape index (κ2) is 3.05. The van der Waals surface area contributed by atoms with Gasteiger partial charge in [0.1, 0.15) is 6.61 Å². The fourth-order valence-electron chi connectivity index (χ4n) is 2.31. The fourth-order valence-corrected chi connectivity index (χ4v) is 2.31. The van der Waals surface area contributed by atoms with Crippen molar-refractivity contribution in [3.63, 3.8) is 0 Å². The molecule has 0 aromatic rings. The highest BCUT2D eigenvalue weighted by atomic mass is 16.3. The zero-order valence-corrected chi connectivity index (χ0v) is 8.32. The van der Waals surface area contributed by atoms with Gasteiger partial charge < -0.3 is 10.0 Å². The standard InChI is InChI=1S/C10H15NO3/c1-7(13)8-4-10(2-3-10)6-11(8)9(14)5-12/h8,12H,2-6H2,1H3. The summed E-state index contributed by atoms with van der Waals surface area (Å²) in [6.45, 7) is 1.69. The number of aliphatic hydroxyl groups excluding tert-OH is 1. The smallest absolute Gasteiger partial charge is 0.248 e. The van der Waals surface area contributed by atoms with Crippen molar-refractivity contribution in [1.29, 1.82) is 0 Å². The van der Waals surface area contributed by atoms with E-state index in [2.05, 4.69) is 0 Å². The number of carbonyl (C=O) groups excluding carboxylic acids is 2. The number of likely N-dealkylation sites (tertiary alicyclic amines) is 1. The molecule has 1 aliphatic carbocycles. The zero-order chi connectivity index (χ0) is 10.3. The summed E-state index contributed by atoms with van der Waals surface area (Å²) in [6.07, 6.45) is 3.03. The number of rotatable bonds is 2. The average Bonchev–Trinajstić information content (AvgIpc) is 2.76. The molecule has 4 nitrogen and oxygen atoms in total. The van der Waals surface area contributed by atoms with E-state index in [9.17, 15) is 9.59 Å². The molecule has 2 aliphatic rings. The maximum Gasteiger partial charge on any atom is 0.248 e. The number of hydrogen-bond donors (Lipinski definition) is 1. The van der Waals surface area contributed by atoms with Crippen molar-refractivity contribution in [2.75, 3.05) is 13.2 Å². The minimum absolute atomic E-state index is 0.0376. The van der Waals surface area contributed by atoms with Gasteiger partial charge in [-0.25, -0.2) is 0 Å². The van der Waals surface area contributed by atoms with Crippen molar-refractivity contribution in [1.82, 2.24) is 4.90 Å². The van der Waals surface area contributed by atoms with Crippen LogP contribution in [-0.2, 0) is 9.59 Å². The van der Waals surface area contributed by atoms with Crippen LogP contribution in [0.2, 0.25) is 0 Å². The molecule has 1 spiro atoms. The van der Waals surface area contributed by atoms with Gasteiger partial charge in [0.2, 0.25) is 5.91 Å². The number of nitrogens with zero attached hydrogens (tertiary/aromatic N) is 1. The van der Waals surface area contributed by atoms with Crippen molar-refractivity contribution in [2.45, 2.75) is 32.2 Å². The summed E-state index contributed by atoms with van der Waals surface area (Å²) in [5.41, 5.74) is 0.223. The van der Waals surface area contributed by atoms with E-state index < -0.39 is 6.61 Å². The molecular weight excluding hydrogens is 182 g/mol. The first-order chi connectivity index (χ1) is 6.58. The normalized spacial score (nSPS) is 28.1. The zero-order valence-electron chi connectivity index (χ0n) is 8.32. The van der Waals surface area contributed by atoms with E-state index in [0.29, 0.717) is 6.54 Å². The Kier molecular flexibility index (Phi) is 2.10. The summed E-state index contributed by atoms with van der Waals surface area (Å²) in [5.74, 6) is -0.274. The predicted molar refractivity (Wildman–Crippen MR) is 49.6 cm³/mol. The van der Waals surface area contributed by atoms with Gasteiger partial charge in [0.25, 0.3) is 0 Å². The Labute approximate surface area is 82.9 Å². The lowest BCUT2D eigenvalue weighted by molar-refractivity contribution is -0.139. The highest BCUT2D eigenvalue weighted by molar-refractivity contribution is 5.88. The summed E-state index contributed by atoms with van der Waals surface area (Å²) in [7, 11) is 0. The highest BCUT2D eigenvalue weighted by Crippen LogP contribution is 2.54. The first kappa shape index (κ1) is 9.65. The molecule has 78 valence electrons. The lowest BCUT2D eigenvalue weighted by atomic mass is 10.0. The molecule has 1 atom stereocenters. The van der Waals surface area contributed by atoms with Crippen molar-refractivity contribution in [3.05, 3.63) is 0 Å². The number of ketones is 1. The van der Waals surface area contributed by atoms with E-state index in [1.54, 1.807) is 4.90 Å². The molecule has 2 rings (SSSR count). The topological polar surface area (TPSA) is 57.6 Å². The number of Topliss-reactive ketones (excluding diaryl/α,β-unsaturated/α-hetero) is 1. The molecule has 2 fully saturated rings. The first-order valence-corrected chi connectivity index (χ1v) is 4.99. The number of carbonyl (C=O) groups is 2. The Morgan fingerprint density at radius 3 is 2.57 bits per heavy atom. The van der Waals surface area contributed by atoms with Crippen LogP contribution in [0, 0.1) is 5.41 Å². The van der Waals surface area contributed by atoms with E-state index >= 15 is 0 Å². The van der Waals surface area contributed by atoms with Gasteiger partial charge in [0, 0.05) is 6.54 Å². The Bertz CT molecular complexity index is 283. The Hall–Kier alpha value is -0.900. The van der Waals surface area contributed by atoms with Gasteiger partial charge in [0.05, 0.1) is 6.04 Å². The molecule has 4 heteroatoms. The maximum absolute atomic E-state index is 11.4. The van der Waals surface area contributed by atoms with Crippen LogP contribution in [-0.4, -0.2) is 40.9 Å². The van der Waals surface area contributed by atoms with Crippen molar-refractivity contribution in [3.8, 4) is 0 Å². The van der Waals surface area contributed by atoms with E-state index in [-0.39, 0.29) is 23.1 Å². The molecule has 14 heavy (non-hydrogen) atoms. The molecule has 0 aromatic heterocycles. The molecule has 1 unspecified atom stereocenters. The third-order valence-electron chi connectivity index (χ3n) is 3.39. The van der Waals surface area contributed by atoms with Crippen LogP contribution in [0.15, 0.2) is 0 Å².